The maximum atomic E-state index is 12.6. The Morgan fingerprint density at radius 2 is 1.35 bits per heavy atom. The number of carbonyl (C=O) groups excluding carboxylic acids is 1. The number of methoxy groups -OCH3 is 3. The van der Waals surface area contributed by atoms with Crippen LogP contribution in [0.4, 0.5) is 0 Å². The summed E-state index contributed by atoms with van der Waals surface area (Å²) >= 11 is 0. The van der Waals surface area contributed by atoms with Crippen LogP contribution in [0.5, 0.6) is 17.2 Å². The predicted octanol–water partition coefficient (Wildman–Crippen LogP) is 2.94. The molecule has 0 unspecified atom stereocenters. The van der Waals surface area contributed by atoms with Crippen molar-refractivity contribution in [1.82, 2.24) is 0 Å². The summed E-state index contributed by atoms with van der Waals surface area (Å²) in [6.45, 7) is 0. The first-order valence-corrected chi connectivity index (χ1v) is 6.11. The second kappa shape index (κ2) is 6.10. The van der Waals surface area contributed by atoms with Crippen LogP contribution >= 0.6 is 0 Å². The smallest absolute Gasteiger partial charge is 0.200 e. The summed E-state index contributed by atoms with van der Waals surface area (Å²) in [5, 5.41) is 0. The van der Waals surface area contributed by atoms with Crippen LogP contribution in [0, 0.1) is 0 Å². The van der Waals surface area contributed by atoms with Crippen LogP contribution in [0.1, 0.15) is 15.9 Å². The molecule has 0 aliphatic rings. The molecular formula is C16H16O4. The monoisotopic (exact) mass is 272 g/mol. The van der Waals surface area contributed by atoms with Gasteiger partial charge in [-0.15, -0.1) is 0 Å². The Balaban J connectivity index is 2.46. The van der Waals surface area contributed by atoms with E-state index in [0.717, 1.165) is 0 Å². The van der Waals surface area contributed by atoms with E-state index in [2.05, 4.69) is 0 Å². The molecule has 0 atom stereocenters. The van der Waals surface area contributed by atoms with Crippen molar-refractivity contribution in [2.24, 2.45) is 0 Å². The molecule has 0 heterocycles. The minimum Gasteiger partial charge on any atom is -0.497 e. The molecule has 104 valence electrons. The first-order valence-electron chi connectivity index (χ1n) is 6.11. The van der Waals surface area contributed by atoms with E-state index in [-0.39, 0.29) is 5.78 Å². The third-order valence-corrected chi connectivity index (χ3v) is 3.01. The number of ketones is 1. The average Bonchev–Trinajstić information content (AvgIpc) is 2.53. The zero-order valence-corrected chi connectivity index (χ0v) is 11.7. The fourth-order valence-corrected chi connectivity index (χ4v) is 1.96. The summed E-state index contributed by atoms with van der Waals surface area (Å²) in [7, 11) is 4.64. The van der Waals surface area contributed by atoms with Gasteiger partial charge in [-0.3, -0.25) is 4.79 Å². The molecular weight excluding hydrogens is 256 g/mol. The van der Waals surface area contributed by atoms with Gasteiger partial charge in [0.2, 0.25) is 5.78 Å². The maximum Gasteiger partial charge on any atom is 0.200 e. The van der Waals surface area contributed by atoms with Crippen LogP contribution in [0.15, 0.2) is 42.5 Å². The minimum atomic E-state index is -0.151. The van der Waals surface area contributed by atoms with Gasteiger partial charge in [-0.05, 0) is 36.4 Å². The van der Waals surface area contributed by atoms with Crippen molar-refractivity contribution in [2.75, 3.05) is 21.3 Å². The highest BCUT2D eigenvalue weighted by Crippen LogP contribution is 2.30. The van der Waals surface area contributed by atoms with Crippen LogP contribution < -0.4 is 14.2 Å². The normalized spacial score (nSPS) is 9.95. The molecule has 0 bridgehead atoms. The zero-order chi connectivity index (χ0) is 14.5. The lowest BCUT2D eigenvalue weighted by Crippen LogP contribution is -2.06. The Morgan fingerprint density at radius 1 is 0.800 bits per heavy atom. The van der Waals surface area contributed by atoms with Crippen molar-refractivity contribution in [3.05, 3.63) is 53.6 Å². The second-order valence-corrected chi connectivity index (χ2v) is 4.10. The van der Waals surface area contributed by atoms with Crippen molar-refractivity contribution < 1.29 is 19.0 Å². The quantitative estimate of drug-likeness (QED) is 0.785. The van der Waals surface area contributed by atoms with E-state index in [1.54, 1.807) is 49.6 Å². The summed E-state index contributed by atoms with van der Waals surface area (Å²) in [4.78, 5) is 12.6. The van der Waals surface area contributed by atoms with Crippen LogP contribution in [-0.4, -0.2) is 27.1 Å². The van der Waals surface area contributed by atoms with Gasteiger partial charge < -0.3 is 14.2 Å². The molecule has 0 fully saturated rings. The number of rotatable bonds is 5. The SMILES string of the molecule is COc1ccc(C(=O)c2c(OC)cccc2OC)cc1. The van der Waals surface area contributed by atoms with E-state index < -0.39 is 0 Å². The summed E-state index contributed by atoms with van der Waals surface area (Å²) < 4.78 is 15.6. The van der Waals surface area contributed by atoms with E-state index >= 15 is 0 Å². The maximum absolute atomic E-state index is 12.6. The Bertz CT molecular complexity index is 580. The van der Waals surface area contributed by atoms with E-state index in [4.69, 9.17) is 14.2 Å². The molecule has 0 saturated carbocycles. The van der Waals surface area contributed by atoms with Crippen molar-refractivity contribution in [3.8, 4) is 17.2 Å². The van der Waals surface area contributed by atoms with Gasteiger partial charge in [0.25, 0.3) is 0 Å². The molecule has 0 aliphatic heterocycles. The topological polar surface area (TPSA) is 44.8 Å². The number of carbonyl (C=O) groups is 1. The number of benzene rings is 2. The van der Waals surface area contributed by atoms with Crippen molar-refractivity contribution >= 4 is 5.78 Å². The summed E-state index contributed by atoms with van der Waals surface area (Å²) in [5.74, 6) is 1.53. The van der Waals surface area contributed by atoms with Crippen LogP contribution in [0.25, 0.3) is 0 Å². The Labute approximate surface area is 117 Å². The van der Waals surface area contributed by atoms with Crippen molar-refractivity contribution in [3.63, 3.8) is 0 Å². The zero-order valence-electron chi connectivity index (χ0n) is 11.7. The summed E-state index contributed by atoms with van der Waals surface area (Å²) in [5.41, 5.74) is 0.969. The molecule has 0 N–H and O–H groups in total. The van der Waals surface area contributed by atoms with Crippen LogP contribution in [0.2, 0.25) is 0 Å². The lowest BCUT2D eigenvalue weighted by molar-refractivity contribution is 0.103. The molecule has 0 amide bonds. The third kappa shape index (κ3) is 2.59. The largest absolute Gasteiger partial charge is 0.497 e. The highest BCUT2D eigenvalue weighted by Gasteiger charge is 2.19. The van der Waals surface area contributed by atoms with Crippen molar-refractivity contribution in [1.29, 1.82) is 0 Å². The van der Waals surface area contributed by atoms with E-state index in [1.807, 2.05) is 0 Å². The molecule has 0 aliphatic carbocycles. The van der Waals surface area contributed by atoms with Crippen LogP contribution in [0.3, 0.4) is 0 Å². The second-order valence-electron chi connectivity index (χ2n) is 4.10. The molecule has 2 aromatic rings. The molecule has 2 rings (SSSR count). The first-order chi connectivity index (χ1) is 9.71. The highest BCUT2D eigenvalue weighted by atomic mass is 16.5. The minimum absolute atomic E-state index is 0.151. The fraction of sp³-hybridized carbons (Fsp3) is 0.188. The third-order valence-electron chi connectivity index (χ3n) is 3.01. The standard InChI is InChI=1S/C16H16O4/c1-18-12-9-7-11(8-10-12)16(17)15-13(19-2)5-4-6-14(15)20-3/h4-10H,1-3H3. The van der Waals surface area contributed by atoms with Gasteiger partial charge in [0.15, 0.2) is 0 Å². The molecule has 0 saturated heterocycles. The number of ether oxygens (including phenoxy) is 3. The number of hydrogen-bond acceptors (Lipinski definition) is 4. The van der Waals surface area contributed by atoms with Gasteiger partial charge in [0, 0.05) is 5.56 Å². The Morgan fingerprint density at radius 3 is 1.80 bits per heavy atom. The van der Waals surface area contributed by atoms with Gasteiger partial charge in [-0.25, -0.2) is 0 Å². The first kappa shape index (κ1) is 13.9. The van der Waals surface area contributed by atoms with Crippen molar-refractivity contribution in [2.45, 2.75) is 0 Å². The van der Waals surface area contributed by atoms with E-state index in [0.29, 0.717) is 28.4 Å². The fourth-order valence-electron chi connectivity index (χ4n) is 1.96. The molecule has 0 spiro atoms. The van der Waals surface area contributed by atoms with Gasteiger partial charge in [0.1, 0.15) is 22.8 Å². The van der Waals surface area contributed by atoms with Crippen LogP contribution in [-0.2, 0) is 0 Å². The van der Waals surface area contributed by atoms with Gasteiger partial charge in [-0.2, -0.15) is 0 Å². The Hall–Kier alpha value is -2.49. The molecule has 0 aromatic heterocycles. The molecule has 4 heteroatoms. The summed E-state index contributed by atoms with van der Waals surface area (Å²) in [6.07, 6.45) is 0. The highest BCUT2D eigenvalue weighted by molar-refractivity contribution is 6.12. The Kier molecular flexibility index (Phi) is 4.25. The van der Waals surface area contributed by atoms with E-state index in [9.17, 15) is 4.79 Å². The van der Waals surface area contributed by atoms with Gasteiger partial charge in [-0.1, -0.05) is 6.07 Å². The van der Waals surface area contributed by atoms with E-state index in [1.165, 1.54) is 14.2 Å². The molecule has 0 radical (unpaired) electrons. The van der Waals surface area contributed by atoms with Gasteiger partial charge in [0.05, 0.1) is 21.3 Å². The summed E-state index contributed by atoms with van der Waals surface area (Å²) in [6, 6.07) is 12.2. The molecule has 2 aromatic carbocycles. The predicted molar refractivity (Wildman–Crippen MR) is 76.0 cm³/mol. The lowest BCUT2D eigenvalue weighted by Gasteiger charge is -2.12. The lowest BCUT2D eigenvalue weighted by atomic mass is 10.0. The average molecular weight is 272 g/mol. The molecule has 4 nitrogen and oxygen atoms in total. The molecule has 20 heavy (non-hydrogen) atoms. The number of hydrogen-bond donors (Lipinski definition) is 0. The van der Waals surface area contributed by atoms with Gasteiger partial charge >= 0.3 is 0 Å².